The first kappa shape index (κ1) is 15.6. The summed E-state index contributed by atoms with van der Waals surface area (Å²) in [6, 6.07) is 0. The number of hydrogen-bond acceptors (Lipinski definition) is 4. The predicted molar refractivity (Wildman–Crippen MR) is 72.7 cm³/mol. The van der Waals surface area contributed by atoms with Gasteiger partial charge in [-0.3, -0.25) is 9.59 Å². The van der Waals surface area contributed by atoms with Crippen molar-refractivity contribution in [2.24, 2.45) is 0 Å². The van der Waals surface area contributed by atoms with Gasteiger partial charge in [-0.1, -0.05) is 12.2 Å². The lowest BCUT2D eigenvalue weighted by Crippen LogP contribution is -2.15. The molecule has 0 saturated heterocycles. The molecule has 0 aromatic carbocycles. The number of esters is 1. The number of carbonyl (C=O) groups is 2. The smallest absolute Gasteiger partial charge is 0.306 e. The number of ketones is 1. The number of carbonyl (C=O) groups excluding carboxylic acids is 2. The summed E-state index contributed by atoms with van der Waals surface area (Å²) in [5.74, 6) is -0.387. The minimum absolute atomic E-state index is 0.0860. The Morgan fingerprint density at radius 2 is 2.05 bits per heavy atom. The van der Waals surface area contributed by atoms with Gasteiger partial charge in [0.25, 0.3) is 0 Å². The summed E-state index contributed by atoms with van der Waals surface area (Å²) in [7, 11) is 1.60. The molecule has 1 aliphatic heterocycles. The fourth-order valence-electron chi connectivity index (χ4n) is 1.83. The molecule has 19 heavy (non-hydrogen) atoms. The minimum Gasteiger partial charge on any atom is -0.463 e. The van der Waals surface area contributed by atoms with Crippen LogP contribution >= 0.6 is 0 Å². The normalized spacial score (nSPS) is 30.2. The van der Waals surface area contributed by atoms with Crippen molar-refractivity contribution in [2.45, 2.75) is 51.2 Å². The van der Waals surface area contributed by atoms with Gasteiger partial charge < -0.3 is 9.47 Å². The lowest BCUT2D eigenvalue weighted by atomic mass is 10.1. The first-order chi connectivity index (χ1) is 9.11. The molecule has 0 N–H and O–H groups in total. The fourth-order valence-corrected chi connectivity index (χ4v) is 1.83. The average molecular weight is 266 g/mol. The topological polar surface area (TPSA) is 52.6 Å². The van der Waals surface area contributed by atoms with Gasteiger partial charge in [0, 0.05) is 13.5 Å². The molecule has 4 heteroatoms. The van der Waals surface area contributed by atoms with Crippen LogP contribution in [0.2, 0.25) is 0 Å². The van der Waals surface area contributed by atoms with E-state index >= 15 is 0 Å². The van der Waals surface area contributed by atoms with Crippen molar-refractivity contribution in [3.8, 4) is 0 Å². The Morgan fingerprint density at radius 3 is 2.79 bits per heavy atom. The van der Waals surface area contributed by atoms with Crippen LogP contribution in [0, 0.1) is 0 Å². The summed E-state index contributed by atoms with van der Waals surface area (Å²) in [5.41, 5.74) is 0. The molecule has 4 nitrogen and oxygen atoms in total. The van der Waals surface area contributed by atoms with Crippen LogP contribution in [-0.4, -0.2) is 31.1 Å². The van der Waals surface area contributed by atoms with Gasteiger partial charge in [-0.15, -0.1) is 0 Å². The molecule has 0 spiro atoms. The molecule has 0 radical (unpaired) electrons. The summed E-state index contributed by atoms with van der Waals surface area (Å²) in [5, 5.41) is 0. The van der Waals surface area contributed by atoms with Crippen LogP contribution in [0.3, 0.4) is 0 Å². The van der Waals surface area contributed by atoms with E-state index in [-0.39, 0.29) is 36.8 Å². The third-order valence-electron chi connectivity index (χ3n) is 2.96. The number of cyclic esters (lactones) is 1. The monoisotopic (exact) mass is 266 g/mol. The fraction of sp³-hybridized carbons (Fsp3) is 0.600. The second-order valence-electron chi connectivity index (χ2n) is 4.69. The molecule has 0 fully saturated rings. The summed E-state index contributed by atoms with van der Waals surface area (Å²) in [6.07, 6.45) is 9.90. The maximum absolute atomic E-state index is 11.6. The molecular formula is C15H22O4. The van der Waals surface area contributed by atoms with Gasteiger partial charge in [0.1, 0.15) is 0 Å². The maximum atomic E-state index is 11.6. The third-order valence-corrected chi connectivity index (χ3v) is 2.96. The number of rotatable bonds is 1. The molecule has 2 atom stereocenters. The maximum Gasteiger partial charge on any atom is 0.306 e. The van der Waals surface area contributed by atoms with Gasteiger partial charge in [0.2, 0.25) is 0 Å². The third kappa shape index (κ3) is 6.91. The second-order valence-corrected chi connectivity index (χ2v) is 4.69. The van der Waals surface area contributed by atoms with Gasteiger partial charge in [0.05, 0.1) is 18.6 Å². The largest absolute Gasteiger partial charge is 0.463 e. The second kappa shape index (κ2) is 8.64. The lowest BCUT2D eigenvalue weighted by molar-refractivity contribution is -0.149. The minimum atomic E-state index is -0.301. The quantitative estimate of drug-likeness (QED) is 0.540. The van der Waals surface area contributed by atoms with Crippen molar-refractivity contribution in [1.29, 1.82) is 0 Å². The molecule has 1 heterocycles. The lowest BCUT2D eigenvalue weighted by Gasteiger charge is -2.13. The molecule has 1 rings (SSSR count). The highest BCUT2D eigenvalue weighted by Crippen LogP contribution is 2.09. The van der Waals surface area contributed by atoms with Crippen LogP contribution < -0.4 is 0 Å². The van der Waals surface area contributed by atoms with Crippen LogP contribution in [-0.2, 0) is 19.1 Å². The molecule has 0 saturated carbocycles. The van der Waals surface area contributed by atoms with Gasteiger partial charge in [-0.25, -0.2) is 0 Å². The van der Waals surface area contributed by atoms with Crippen molar-refractivity contribution in [3.05, 3.63) is 24.3 Å². The van der Waals surface area contributed by atoms with E-state index in [1.807, 2.05) is 19.1 Å². The van der Waals surface area contributed by atoms with E-state index in [0.717, 1.165) is 19.3 Å². The van der Waals surface area contributed by atoms with Crippen molar-refractivity contribution in [2.75, 3.05) is 7.11 Å². The van der Waals surface area contributed by atoms with Crippen molar-refractivity contribution < 1.29 is 19.1 Å². The molecule has 0 aliphatic carbocycles. The van der Waals surface area contributed by atoms with Gasteiger partial charge >= 0.3 is 5.97 Å². The Balaban J connectivity index is 2.65. The van der Waals surface area contributed by atoms with E-state index in [1.54, 1.807) is 13.2 Å². The van der Waals surface area contributed by atoms with Crippen molar-refractivity contribution >= 4 is 11.8 Å². The van der Waals surface area contributed by atoms with Crippen LogP contribution in [0.25, 0.3) is 0 Å². The zero-order valence-electron chi connectivity index (χ0n) is 11.6. The van der Waals surface area contributed by atoms with Gasteiger partial charge in [0.15, 0.2) is 5.78 Å². The van der Waals surface area contributed by atoms with E-state index in [2.05, 4.69) is 0 Å². The van der Waals surface area contributed by atoms with Crippen LogP contribution in [0.5, 0.6) is 0 Å². The number of hydrogen-bond donors (Lipinski definition) is 0. The van der Waals surface area contributed by atoms with Crippen LogP contribution in [0.15, 0.2) is 24.3 Å². The average Bonchev–Trinajstić information content (AvgIpc) is 2.38. The highest BCUT2D eigenvalue weighted by molar-refractivity contribution is 5.91. The van der Waals surface area contributed by atoms with Gasteiger partial charge in [-0.2, -0.15) is 0 Å². The number of ether oxygens (including phenoxy) is 2. The molecule has 0 amide bonds. The number of methoxy groups -OCH3 is 1. The summed E-state index contributed by atoms with van der Waals surface area (Å²) < 4.78 is 10.4. The highest BCUT2D eigenvalue weighted by atomic mass is 16.5. The first-order valence-corrected chi connectivity index (χ1v) is 6.71. The SMILES string of the molecule is CO[C@H]1/C=C\CCC[C@H](C)OC(=O)CCC(=O)/C=C\1. The Hall–Kier alpha value is -1.42. The molecular weight excluding hydrogens is 244 g/mol. The zero-order chi connectivity index (χ0) is 14.1. The molecule has 0 aromatic rings. The Morgan fingerprint density at radius 1 is 1.26 bits per heavy atom. The predicted octanol–water partition coefficient (Wildman–Crippen LogP) is 2.58. The zero-order valence-corrected chi connectivity index (χ0v) is 11.6. The van der Waals surface area contributed by atoms with E-state index < -0.39 is 0 Å². The van der Waals surface area contributed by atoms with E-state index in [9.17, 15) is 9.59 Å². The van der Waals surface area contributed by atoms with E-state index in [4.69, 9.17) is 9.47 Å². The van der Waals surface area contributed by atoms with E-state index in [0.29, 0.717) is 0 Å². The molecule has 0 bridgehead atoms. The number of allylic oxidation sites excluding steroid dienone is 2. The van der Waals surface area contributed by atoms with Crippen molar-refractivity contribution in [1.82, 2.24) is 0 Å². The summed E-state index contributed by atoms with van der Waals surface area (Å²) in [6.45, 7) is 1.88. The highest BCUT2D eigenvalue weighted by Gasteiger charge is 2.11. The van der Waals surface area contributed by atoms with E-state index in [1.165, 1.54) is 6.08 Å². The van der Waals surface area contributed by atoms with Crippen LogP contribution in [0.4, 0.5) is 0 Å². The van der Waals surface area contributed by atoms with Gasteiger partial charge in [-0.05, 0) is 38.3 Å². The summed E-state index contributed by atoms with van der Waals surface area (Å²) in [4.78, 5) is 23.1. The first-order valence-electron chi connectivity index (χ1n) is 6.71. The Kier molecular flexibility index (Phi) is 7.11. The standard InChI is InChI=1S/C15H22O4/c1-12-6-4-3-5-7-14(18-2)10-8-13(16)9-11-15(17)19-12/h5,7-8,10,12,14H,3-4,6,9,11H2,1-2H3/b7-5-,10-8-/t12-,14-/m0/s1. The Labute approximate surface area is 114 Å². The van der Waals surface area contributed by atoms with Crippen LogP contribution in [0.1, 0.15) is 39.0 Å². The summed E-state index contributed by atoms with van der Waals surface area (Å²) >= 11 is 0. The Bertz CT molecular complexity index is 357. The molecule has 0 unspecified atom stereocenters. The molecule has 106 valence electrons. The molecule has 0 aromatic heterocycles. The molecule has 1 aliphatic rings. The van der Waals surface area contributed by atoms with Crippen molar-refractivity contribution in [3.63, 3.8) is 0 Å².